The Bertz CT molecular complexity index is 979. The lowest BCUT2D eigenvalue weighted by Crippen LogP contribution is -2.12. The fourth-order valence-electron chi connectivity index (χ4n) is 3.04. The van der Waals surface area contributed by atoms with Gasteiger partial charge in [0.15, 0.2) is 0 Å². The van der Waals surface area contributed by atoms with Gasteiger partial charge in [0.1, 0.15) is 0 Å². The van der Waals surface area contributed by atoms with Gasteiger partial charge in [0.05, 0.1) is 22.4 Å². The van der Waals surface area contributed by atoms with Crippen LogP contribution in [0.5, 0.6) is 0 Å². The standard InChI is InChI=1S/C24H25BrO4S/c25-23(20-12-4-1-5-13-20)24(21-14-6-2-7-15-21)28-18-10-11-19-29-30(26,27)22-16-8-3-9-17-22/h1-9,12-17,23-24H,10-11,18-19H2/t23-,24+/m0/s1. The number of benzene rings is 3. The number of ether oxygens (including phenoxy) is 1. The third kappa shape index (κ3) is 6.51. The second-order valence-corrected chi connectivity index (χ2v) is 9.41. The van der Waals surface area contributed by atoms with Gasteiger partial charge in [-0.3, -0.25) is 4.18 Å². The van der Waals surface area contributed by atoms with E-state index in [2.05, 4.69) is 40.2 Å². The molecule has 30 heavy (non-hydrogen) atoms. The molecule has 0 fully saturated rings. The molecular formula is C24H25BrO4S. The highest BCUT2D eigenvalue weighted by molar-refractivity contribution is 9.09. The Morgan fingerprint density at radius 1 is 0.700 bits per heavy atom. The van der Waals surface area contributed by atoms with E-state index in [0.717, 1.165) is 11.1 Å². The van der Waals surface area contributed by atoms with Crippen LogP contribution in [-0.2, 0) is 19.0 Å². The zero-order valence-corrected chi connectivity index (χ0v) is 19.0. The molecule has 3 aromatic rings. The summed E-state index contributed by atoms with van der Waals surface area (Å²) in [5.41, 5.74) is 2.23. The van der Waals surface area contributed by atoms with Crippen LogP contribution in [0.4, 0.5) is 0 Å². The maximum atomic E-state index is 12.1. The van der Waals surface area contributed by atoms with E-state index in [1.54, 1.807) is 18.2 Å². The summed E-state index contributed by atoms with van der Waals surface area (Å²) in [5, 5.41) is 0. The van der Waals surface area contributed by atoms with E-state index in [1.165, 1.54) is 12.1 Å². The lowest BCUT2D eigenvalue weighted by atomic mass is 10.0. The molecule has 0 aromatic heterocycles. The van der Waals surface area contributed by atoms with Crippen molar-refractivity contribution in [2.75, 3.05) is 13.2 Å². The van der Waals surface area contributed by atoms with E-state index in [-0.39, 0.29) is 22.4 Å². The Morgan fingerprint density at radius 3 is 1.80 bits per heavy atom. The highest BCUT2D eigenvalue weighted by atomic mass is 79.9. The van der Waals surface area contributed by atoms with Gasteiger partial charge >= 0.3 is 0 Å². The third-order valence-electron chi connectivity index (χ3n) is 4.62. The Balaban J connectivity index is 1.51. The molecule has 158 valence electrons. The largest absolute Gasteiger partial charge is 0.372 e. The first-order valence-electron chi connectivity index (χ1n) is 9.88. The van der Waals surface area contributed by atoms with Crippen LogP contribution in [0.25, 0.3) is 0 Å². The molecule has 0 spiro atoms. The third-order valence-corrected chi connectivity index (χ3v) is 6.95. The fraction of sp³-hybridized carbons (Fsp3) is 0.250. The SMILES string of the molecule is O=S(=O)(OCCCCO[C@H](c1ccccc1)[C@@H](Br)c1ccccc1)c1ccccc1. The van der Waals surface area contributed by atoms with Gasteiger partial charge in [-0.25, -0.2) is 0 Å². The van der Waals surface area contributed by atoms with E-state index in [1.807, 2.05) is 36.4 Å². The number of unbranched alkanes of at least 4 members (excludes halogenated alkanes) is 1. The first kappa shape index (κ1) is 22.7. The molecule has 0 heterocycles. The van der Waals surface area contributed by atoms with Gasteiger partial charge in [0.25, 0.3) is 10.1 Å². The lowest BCUT2D eigenvalue weighted by molar-refractivity contribution is 0.0479. The summed E-state index contributed by atoms with van der Waals surface area (Å²) < 4.78 is 35.6. The fourth-order valence-corrected chi connectivity index (χ4v) is 4.77. The van der Waals surface area contributed by atoms with Crippen molar-refractivity contribution in [3.63, 3.8) is 0 Å². The Labute approximate surface area is 187 Å². The van der Waals surface area contributed by atoms with Gasteiger partial charge in [0.2, 0.25) is 0 Å². The molecule has 0 saturated heterocycles. The second kappa shape index (κ2) is 11.4. The lowest BCUT2D eigenvalue weighted by Gasteiger charge is -2.24. The van der Waals surface area contributed by atoms with Crippen LogP contribution in [0.1, 0.15) is 34.9 Å². The Morgan fingerprint density at radius 2 is 1.20 bits per heavy atom. The molecule has 0 unspecified atom stereocenters. The van der Waals surface area contributed by atoms with E-state index >= 15 is 0 Å². The molecular weight excluding hydrogens is 464 g/mol. The molecule has 2 atom stereocenters. The Kier molecular flexibility index (Phi) is 8.63. The van der Waals surface area contributed by atoms with E-state index < -0.39 is 10.1 Å². The smallest absolute Gasteiger partial charge is 0.296 e. The van der Waals surface area contributed by atoms with E-state index in [4.69, 9.17) is 8.92 Å². The number of alkyl halides is 1. The summed E-state index contributed by atoms with van der Waals surface area (Å²) in [6.45, 7) is 0.635. The number of halogens is 1. The molecule has 0 radical (unpaired) electrons. The summed E-state index contributed by atoms with van der Waals surface area (Å²) in [7, 11) is -3.70. The van der Waals surface area contributed by atoms with Crippen molar-refractivity contribution in [3.05, 3.63) is 102 Å². The van der Waals surface area contributed by atoms with Crippen LogP contribution >= 0.6 is 15.9 Å². The zero-order valence-electron chi connectivity index (χ0n) is 16.6. The molecule has 0 aliphatic heterocycles. The van der Waals surface area contributed by atoms with Crippen molar-refractivity contribution in [2.24, 2.45) is 0 Å². The van der Waals surface area contributed by atoms with Crippen LogP contribution in [-0.4, -0.2) is 21.6 Å². The topological polar surface area (TPSA) is 52.6 Å². The summed E-state index contributed by atoms with van der Waals surface area (Å²) in [6, 6.07) is 28.4. The Hall–Kier alpha value is -1.99. The minimum Gasteiger partial charge on any atom is -0.372 e. The van der Waals surface area contributed by atoms with Crippen LogP contribution in [0.3, 0.4) is 0 Å². The van der Waals surface area contributed by atoms with Crippen molar-refractivity contribution in [2.45, 2.75) is 28.7 Å². The van der Waals surface area contributed by atoms with Gasteiger partial charge in [0, 0.05) is 6.61 Å². The van der Waals surface area contributed by atoms with Gasteiger partial charge < -0.3 is 4.74 Å². The van der Waals surface area contributed by atoms with Gasteiger partial charge in [-0.1, -0.05) is 94.8 Å². The molecule has 3 rings (SSSR count). The minimum atomic E-state index is -3.70. The molecule has 0 aliphatic rings. The summed E-state index contributed by atoms with van der Waals surface area (Å²) in [4.78, 5) is 0.186. The molecule has 0 N–H and O–H groups in total. The summed E-state index contributed by atoms with van der Waals surface area (Å²) in [6.07, 6.45) is 1.14. The zero-order chi connectivity index (χ0) is 21.2. The molecule has 4 nitrogen and oxygen atoms in total. The maximum Gasteiger partial charge on any atom is 0.296 e. The summed E-state index contributed by atoms with van der Waals surface area (Å²) in [5.74, 6) is 0. The van der Waals surface area contributed by atoms with Crippen LogP contribution in [0.15, 0.2) is 95.9 Å². The predicted molar refractivity (Wildman–Crippen MR) is 122 cm³/mol. The van der Waals surface area contributed by atoms with Crippen LogP contribution < -0.4 is 0 Å². The highest BCUT2D eigenvalue weighted by Gasteiger charge is 2.23. The first-order chi connectivity index (χ1) is 14.6. The normalized spacial score (nSPS) is 13.6. The number of rotatable bonds is 11. The predicted octanol–water partition coefficient (Wildman–Crippen LogP) is 6.07. The maximum absolute atomic E-state index is 12.1. The van der Waals surface area contributed by atoms with Crippen molar-refractivity contribution < 1.29 is 17.3 Å². The van der Waals surface area contributed by atoms with E-state index in [0.29, 0.717) is 19.4 Å². The monoisotopic (exact) mass is 488 g/mol. The van der Waals surface area contributed by atoms with Gasteiger partial charge in [-0.05, 0) is 36.1 Å². The average Bonchev–Trinajstić information content (AvgIpc) is 2.80. The van der Waals surface area contributed by atoms with Gasteiger partial charge in [-0.15, -0.1) is 0 Å². The second-order valence-electron chi connectivity index (χ2n) is 6.81. The molecule has 3 aromatic carbocycles. The van der Waals surface area contributed by atoms with E-state index in [9.17, 15) is 8.42 Å². The van der Waals surface area contributed by atoms with Crippen molar-refractivity contribution >= 4 is 26.0 Å². The molecule has 0 aliphatic carbocycles. The molecule has 0 amide bonds. The van der Waals surface area contributed by atoms with Crippen molar-refractivity contribution in [3.8, 4) is 0 Å². The summed E-state index contributed by atoms with van der Waals surface area (Å²) >= 11 is 3.79. The highest BCUT2D eigenvalue weighted by Crippen LogP contribution is 2.38. The van der Waals surface area contributed by atoms with Crippen LogP contribution in [0.2, 0.25) is 0 Å². The first-order valence-corrected chi connectivity index (χ1v) is 12.2. The molecule has 0 saturated carbocycles. The van der Waals surface area contributed by atoms with Gasteiger partial charge in [-0.2, -0.15) is 8.42 Å². The minimum absolute atomic E-state index is 0.0100. The average molecular weight is 489 g/mol. The van der Waals surface area contributed by atoms with Crippen molar-refractivity contribution in [1.29, 1.82) is 0 Å². The number of hydrogen-bond donors (Lipinski definition) is 0. The molecule has 6 heteroatoms. The van der Waals surface area contributed by atoms with Crippen molar-refractivity contribution in [1.82, 2.24) is 0 Å². The quantitative estimate of drug-likeness (QED) is 0.187. The number of hydrogen-bond acceptors (Lipinski definition) is 4. The molecule has 0 bridgehead atoms. The van der Waals surface area contributed by atoms with Crippen LogP contribution in [0, 0.1) is 0 Å².